The molecule has 1 heterocycles. The third kappa shape index (κ3) is 3.62. The Labute approximate surface area is 120 Å². The Morgan fingerprint density at radius 1 is 1.15 bits per heavy atom. The molecule has 0 aliphatic carbocycles. The van der Waals surface area contributed by atoms with Crippen molar-refractivity contribution in [2.24, 2.45) is 5.84 Å². The number of nitrogens with two attached hydrogens (primary N) is 1. The molecular formula is C16H22N4. The van der Waals surface area contributed by atoms with Crippen molar-refractivity contribution >= 4 is 0 Å². The summed E-state index contributed by atoms with van der Waals surface area (Å²) in [5.74, 6) is 6.99. The number of aryl methyl sites for hydroxylation is 1. The number of nitrogens with zero attached hydrogens (tertiary/aromatic N) is 2. The van der Waals surface area contributed by atoms with Gasteiger partial charge in [-0.3, -0.25) is 11.3 Å². The van der Waals surface area contributed by atoms with Crippen LogP contribution < -0.4 is 11.3 Å². The van der Waals surface area contributed by atoms with Crippen LogP contribution in [-0.4, -0.2) is 9.97 Å². The van der Waals surface area contributed by atoms with Gasteiger partial charge in [-0.1, -0.05) is 38.1 Å². The van der Waals surface area contributed by atoms with Crippen LogP contribution in [0.1, 0.15) is 48.5 Å². The van der Waals surface area contributed by atoms with Crippen molar-refractivity contribution in [2.45, 2.75) is 39.2 Å². The number of aromatic nitrogens is 2. The molecule has 0 aliphatic heterocycles. The number of hydrazine groups is 1. The molecule has 0 saturated carbocycles. The van der Waals surface area contributed by atoms with Gasteiger partial charge in [0, 0.05) is 6.20 Å². The fourth-order valence-electron chi connectivity index (χ4n) is 2.19. The molecule has 3 N–H and O–H groups in total. The van der Waals surface area contributed by atoms with Crippen LogP contribution in [0.15, 0.2) is 36.5 Å². The molecule has 0 spiro atoms. The van der Waals surface area contributed by atoms with Crippen molar-refractivity contribution in [3.8, 4) is 0 Å². The minimum Gasteiger partial charge on any atom is -0.271 e. The molecule has 4 heteroatoms. The summed E-state index contributed by atoms with van der Waals surface area (Å²) in [6.45, 7) is 6.28. The molecule has 0 amide bonds. The van der Waals surface area contributed by atoms with Gasteiger partial charge in [0.25, 0.3) is 0 Å². The van der Waals surface area contributed by atoms with E-state index in [1.165, 1.54) is 11.1 Å². The predicted octanol–water partition coefficient (Wildman–Crippen LogP) is 2.66. The van der Waals surface area contributed by atoms with Gasteiger partial charge in [-0.15, -0.1) is 0 Å². The monoisotopic (exact) mass is 270 g/mol. The second-order valence-electron chi connectivity index (χ2n) is 5.35. The van der Waals surface area contributed by atoms with Crippen molar-refractivity contribution in [1.82, 2.24) is 15.4 Å². The number of hydrogen-bond donors (Lipinski definition) is 2. The SMILES string of the molecule is Cc1nccc(C(Cc2ccc(C(C)C)cc2)NN)n1. The quantitative estimate of drug-likeness (QED) is 0.647. The lowest BCUT2D eigenvalue weighted by Gasteiger charge is -2.16. The summed E-state index contributed by atoms with van der Waals surface area (Å²) in [6.07, 6.45) is 2.58. The Kier molecular flexibility index (Phi) is 4.82. The summed E-state index contributed by atoms with van der Waals surface area (Å²) in [4.78, 5) is 8.55. The van der Waals surface area contributed by atoms with Crippen LogP contribution in [-0.2, 0) is 6.42 Å². The summed E-state index contributed by atoms with van der Waals surface area (Å²) >= 11 is 0. The van der Waals surface area contributed by atoms with Crippen molar-refractivity contribution in [3.05, 3.63) is 59.2 Å². The van der Waals surface area contributed by atoms with Crippen LogP contribution in [0.2, 0.25) is 0 Å². The summed E-state index contributed by atoms with van der Waals surface area (Å²) in [7, 11) is 0. The Morgan fingerprint density at radius 2 is 1.85 bits per heavy atom. The maximum atomic E-state index is 5.67. The van der Waals surface area contributed by atoms with Crippen molar-refractivity contribution in [1.29, 1.82) is 0 Å². The maximum absolute atomic E-state index is 5.67. The van der Waals surface area contributed by atoms with Crippen LogP contribution in [0, 0.1) is 6.92 Å². The molecule has 0 bridgehead atoms. The minimum absolute atomic E-state index is 0.00148. The lowest BCUT2D eigenvalue weighted by Crippen LogP contribution is -2.30. The normalized spacial score (nSPS) is 12.7. The van der Waals surface area contributed by atoms with E-state index in [2.05, 4.69) is 53.5 Å². The maximum Gasteiger partial charge on any atom is 0.125 e. The van der Waals surface area contributed by atoms with Gasteiger partial charge in [0.05, 0.1) is 11.7 Å². The predicted molar refractivity (Wildman–Crippen MR) is 81.1 cm³/mol. The molecule has 2 rings (SSSR count). The molecule has 2 aromatic rings. The fraction of sp³-hybridized carbons (Fsp3) is 0.375. The molecule has 1 unspecified atom stereocenters. The Morgan fingerprint density at radius 3 is 2.40 bits per heavy atom. The van der Waals surface area contributed by atoms with Crippen molar-refractivity contribution in [2.75, 3.05) is 0 Å². The zero-order chi connectivity index (χ0) is 14.5. The van der Waals surface area contributed by atoms with E-state index in [1.807, 2.05) is 13.0 Å². The van der Waals surface area contributed by atoms with E-state index in [0.717, 1.165) is 17.9 Å². The molecule has 20 heavy (non-hydrogen) atoms. The van der Waals surface area contributed by atoms with E-state index in [1.54, 1.807) is 6.20 Å². The van der Waals surface area contributed by atoms with Crippen LogP contribution in [0.25, 0.3) is 0 Å². The van der Waals surface area contributed by atoms with Crippen LogP contribution in [0.5, 0.6) is 0 Å². The van der Waals surface area contributed by atoms with E-state index in [0.29, 0.717) is 5.92 Å². The molecule has 4 nitrogen and oxygen atoms in total. The number of benzene rings is 1. The molecule has 1 aromatic carbocycles. The molecular weight excluding hydrogens is 248 g/mol. The van der Waals surface area contributed by atoms with Crippen LogP contribution in [0.4, 0.5) is 0 Å². The van der Waals surface area contributed by atoms with E-state index >= 15 is 0 Å². The van der Waals surface area contributed by atoms with E-state index in [9.17, 15) is 0 Å². The first-order valence-corrected chi connectivity index (χ1v) is 6.94. The van der Waals surface area contributed by atoms with Gasteiger partial charge in [0.15, 0.2) is 0 Å². The summed E-state index contributed by atoms with van der Waals surface area (Å²) < 4.78 is 0. The summed E-state index contributed by atoms with van der Waals surface area (Å²) in [5, 5.41) is 0. The highest BCUT2D eigenvalue weighted by molar-refractivity contribution is 5.26. The summed E-state index contributed by atoms with van der Waals surface area (Å²) in [6, 6.07) is 10.6. The van der Waals surface area contributed by atoms with Crippen molar-refractivity contribution < 1.29 is 0 Å². The van der Waals surface area contributed by atoms with Crippen LogP contribution in [0.3, 0.4) is 0 Å². The Bertz CT molecular complexity index is 549. The second kappa shape index (κ2) is 6.59. The van der Waals surface area contributed by atoms with Gasteiger partial charge >= 0.3 is 0 Å². The molecule has 0 fully saturated rings. The molecule has 1 aromatic heterocycles. The number of nitrogens with one attached hydrogen (secondary N) is 1. The lowest BCUT2D eigenvalue weighted by atomic mass is 9.98. The first kappa shape index (κ1) is 14.6. The van der Waals surface area contributed by atoms with Gasteiger partial charge < -0.3 is 0 Å². The first-order chi connectivity index (χ1) is 9.60. The van der Waals surface area contributed by atoms with Gasteiger partial charge in [-0.25, -0.2) is 9.97 Å². The molecule has 106 valence electrons. The zero-order valence-electron chi connectivity index (χ0n) is 12.3. The first-order valence-electron chi connectivity index (χ1n) is 6.94. The third-order valence-electron chi connectivity index (χ3n) is 3.44. The zero-order valence-corrected chi connectivity index (χ0v) is 12.3. The number of rotatable bonds is 5. The van der Waals surface area contributed by atoms with E-state index in [4.69, 9.17) is 5.84 Å². The topological polar surface area (TPSA) is 63.8 Å². The summed E-state index contributed by atoms with van der Waals surface area (Å²) in [5.41, 5.74) is 6.36. The van der Waals surface area contributed by atoms with Gasteiger partial charge in [-0.05, 0) is 36.5 Å². The third-order valence-corrected chi connectivity index (χ3v) is 3.44. The van der Waals surface area contributed by atoms with Gasteiger partial charge in [0.1, 0.15) is 5.82 Å². The molecule has 0 radical (unpaired) electrons. The highest BCUT2D eigenvalue weighted by Gasteiger charge is 2.12. The standard InChI is InChI=1S/C16H22N4/c1-11(2)14-6-4-13(5-7-14)10-16(20-17)15-8-9-18-12(3)19-15/h4-9,11,16,20H,10,17H2,1-3H3. The van der Waals surface area contributed by atoms with Gasteiger partial charge in [-0.2, -0.15) is 0 Å². The minimum atomic E-state index is 0.00148. The molecule has 1 atom stereocenters. The number of hydrogen-bond acceptors (Lipinski definition) is 4. The second-order valence-corrected chi connectivity index (χ2v) is 5.35. The van der Waals surface area contributed by atoms with E-state index in [-0.39, 0.29) is 6.04 Å². The lowest BCUT2D eigenvalue weighted by molar-refractivity contribution is 0.535. The smallest absolute Gasteiger partial charge is 0.125 e. The average Bonchev–Trinajstić information content (AvgIpc) is 2.45. The molecule has 0 saturated heterocycles. The largest absolute Gasteiger partial charge is 0.271 e. The average molecular weight is 270 g/mol. The Balaban J connectivity index is 2.14. The van der Waals surface area contributed by atoms with E-state index < -0.39 is 0 Å². The molecule has 0 aliphatic rings. The van der Waals surface area contributed by atoms with Gasteiger partial charge in [0.2, 0.25) is 0 Å². The Hall–Kier alpha value is -1.78. The highest BCUT2D eigenvalue weighted by atomic mass is 15.2. The van der Waals surface area contributed by atoms with Crippen molar-refractivity contribution in [3.63, 3.8) is 0 Å². The highest BCUT2D eigenvalue weighted by Crippen LogP contribution is 2.19. The fourth-order valence-corrected chi connectivity index (χ4v) is 2.19. The van der Waals surface area contributed by atoms with Crippen LogP contribution >= 0.6 is 0 Å².